The summed E-state index contributed by atoms with van der Waals surface area (Å²) in [6.45, 7) is 10.3. The van der Waals surface area contributed by atoms with Crippen molar-refractivity contribution in [2.45, 2.75) is 65.6 Å². The van der Waals surface area contributed by atoms with Gasteiger partial charge in [0.05, 0.1) is 18.1 Å². The highest BCUT2D eigenvalue weighted by Gasteiger charge is 2.38. The molecule has 1 heterocycles. The zero-order valence-electron chi connectivity index (χ0n) is 21.2. The lowest BCUT2D eigenvalue weighted by Crippen LogP contribution is -2.26. The van der Waals surface area contributed by atoms with Gasteiger partial charge in [0.1, 0.15) is 28.9 Å². The average molecular weight is 471 g/mol. The number of rotatable bonds is 6. The molecule has 0 aromatic heterocycles. The van der Waals surface area contributed by atoms with Gasteiger partial charge in [0, 0.05) is 11.1 Å². The highest BCUT2D eigenvalue weighted by molar-refractivity contribution is 5.66. The first-order chi connectivity index (χ1) is 16.8. The second-order valence-electron chi connectivity index (χ2n) is 9.87. The number of hydrogen-bond donors (Lipinski definition) is 1. The predicted molar refractivity (Wildman–Crippen MR) is 138 cm³/mol. The fourth-order valence-electron chi connectivity index (χ4n) is 4.89. The summed E-state index contributed by atoms with van der Waals surface area (Å²) in [6, 6.07) is 18.3. The number of hydrogen-bond acceptors (Lipinski definition) is 5. The van der Waals surface area contributed by atoms with E-state index in [1.807, 2.05) is 70.2 Å². The Hall–Kier alpha value is -3.65. The van der Waals surface area contributed by atoms with Crippen molar-refractivity contribution < 1.29 is 14.2 Å². The zero-order chi connectivity index (χ0) is 25.1. The molecular formula is C30H34N2O3. The highest BCUT2D eigenvalue weighted by Crippen LogP contribution is 2.50. The monoisotopic (exact) mass is 470 g/mol. The third-order valence-electron chi connectivity index (χ3n) is 6.16. The van der Waals surface area contributed by atoms with Crippen molar-refractivity contribution in [1.82, 2.24) is 0 Å². The Morgan fingerprint density at radius 2 is 1.60 bits per heavy atom. The Labute approximate surface area is 208 Å². The maximum Gasteiger partial charge on any atom is 0.205 e. The molecular weight excluding hydrogens is 436 g/mol. The van der Waals surface area contributed by atoms with Crippen LogP contribution in [0.15, 0.2) is 76.9 Å². The molecule has 0 saturated heterocycles. The molecule has 5 heteroatoms. The summed E-state index contributed by atoms with van der Waals surface area (Å²) in [7, 11) is 0. The van der Waals surface area contributed by atoms with Gasteiger partial charge in [-0.3, -0.25) is 0 Å². The standard InChI is InChI=1S/C30H34N2O3/c1-18(2)33-26-12-8-6-10-21(26)16-22-14-20(5)15-24-28(25(17-31)30(32)35-29(22)24)23-11-7-9-13-27(23)34-19(3)4/h6-13,16,18-20,28H,14-15,32H2,1-5H3/b22-16+. The lowest BCUT2D eigenvalue weighted by atomic mass is 9.73. The van der Waals surface area contributed by atoms with Crippen LogP contribution in [-0.4, -0.2) is 12.2 Å². The van der Waals surface area contributed by atoms with E-state index in [0.717, 1.165) is 52.4 Å². The van der Waals surface area contributed by atoms with E-state index in [-0.39, 0.29) is 24.0 Å². The molecule has 0 saturated carbocycles. The molecule has 2 unspecified atom stereocenters. The normalized spacial score (nSPS) is 21.1. The maximum atomic E-state index is 10.1. The predicted octanol–water partition coefficient (Wildman–Crippen LogP) is 6.84. The van der Waals surface area contributed by atoms with Crippen molar-refractivity contribution in [3.05, 3.63) is 88.0 Å². The molecule has 0 bridgehead atoms. The summed E-state index contributed by atoms with van der Waals surface area (Å²) in [5.74, 6) is 2.58. The summed E-state index contributed by atoms with van der Waals surface area (Å²) < 4.78 is 18.4. The van der Waals surface area contributed by atoms with Crippen molar-refractivity contribution in [2.24, 2.45) is 11.7 Å². The topological polar surface area (TPSA) is 77.5 Å². The third kappa shape index (κ3) is 5.22. The Morgan fingerprint density at radius 1 is 0.971 bits per heavy atom. The van der Waals surface area contributed by atoms with E-state index in [1.54, 1.807) is 0 Å². The summed E-state index contributed by atoms with van der Waals surface area (Å²) >= 11 is 0. The first kappa shape index (κ1) is 24.5. The summed E-state index contributed by atoms with van der Waals surface area (Å²) in [5.41, 5.74) is 10.9. The molecule has 2 aromatic carbocycles. The molecule has 2 aliphatic rings. The Bertz CT molecular complexity index is 1230. The lowest BCUT2D eigenvalue weighted by Gasteiger charge is -2.36. The number of ether oxygens (including phenoxy) is 3. The van der Waals surface area contributed by atoms with Crippen LogP contribution in [0.25, 0.3) is 6.08 Å². The summed E-state index contributed by atoms with van der Waals surface area (Å²) in [4.78, 5) is 0. The second-order valence-corrected chi connectivity index (χ2v) is 9.87. The quantitative estimate of drug-likeness (QED) is 0.500. The molecule has 5 nitrogen and oxygen atoms in total. The Kier molecular flexibility index (Phi) is 7.21. The molecule has 35 heavy (non-hydrogen) atoms. The molecule has 0 amide bonds. The molecule has 1 aliphatic heterocycles. The van der Waals surface area contributed by atoms with Gasteiger partial charge in [0.15, 0.2) is 0 Å². The van der Waals surface area contributed by atoms with Crippen LogP contribution in [0.2, 0.25) is 0 Å². The molecule has 2 aromatic rings. The van der Waals surface area contributed by atoms with Crippen molar-refractivity contribution in [2.75, 3.05) is 0 Å². The second kappa shape index (κ2) is 10.3. The van der Waals surface area contributed by atoms with Crippen LogP contribution in [0.5, 0.6) is 11.5 Å². The first-order valence-corrected chi connectivity index (χ1v) is 12.3. The number of para-hydroxylation sites is 2. The minimum atomic E-state index is -0.313. The largest absolute Gasteiger partial charge is 0.491 e. The van der Waals surface area contributed by atoms with Gasteiger partial charge >= 0.3 is 0 Å². The number of benzene rings is 2. The molecule has 4 rings (SSSR count). The van der Waals surface area contributed by atoms with Crippen LogP contribution in [0.3, 0.4) is 0 Å². The number of allylic oxidation sites excluding steroid dienone is 3. The molecule has 0 spiro atoms. The fraction of sp³-hybridized carbons (Fsp3) is 0.367. The number of nitriles is 1. The molecule has 0 radical (unpaired) electrons. The third-order valence-corrected chi connectivity index (χ3v) is 6.16. The van der Waals surface area contributed by atoms with Gasteiger partial charge in [-0.2, -0.15) is 5.26 Å². The SMILES string of the molecule is CC1CC2=C(OC(N)=C(C#N)C2c2ccccc2OC(C)C)/C(=C/c2ccccc2OC(C)C)C1. The average Bonchev–Trinajstić information content (AvgIpc) is 2.80. The van der Waals surface area contributed by atoms with Crippen LogP contribution in [-0.2, 0) is 4.74 Å². The van der Waals surface area contributed by atoms with E-state index in [9.17, 15) is 5.26 Å². The van der Waals surface area contributed by atoms with Gasteiger partial charge in [0.2, 0.25) is 5.88 Å². The van der Waals surface area contributed by atoms with E-state index in [4.69, 9.17) is 19.9 Å². The van der Waals surface area contributed by atoms with Crippen molar-refractivity contribution in [1.29, 1.82) is 5.26 Å². The summed E-state index contributed by atoms with van der Waals surface area (Å²) in [5, 5.41) is 10.1. The van der Waals surface area contributed by atoms with Crippen LogP contribution in [0.1, 0.15) is 64.5 Å². The summed E-state index contributed by atoms with van der Waals surface area (Å²) in [6.07, 6.45) is 3.88. The number of nitrogens with zero attached hydrogens (tertiary/aromatic N) is 1. The van der Waals surface area contributed by atoms with Gasteiger partial charge in [-0.05, 0) is 75.8 Å². The molecule has 182 valence electrons. The van der Waals surface area contributed by atoms with E-state index in [1.165, 1.54) is 0 Å². The fourth-order valence-corrected chi connectivity index (χ4v) is 4.89. The smallest absolute Gasteiger partial charge is 0.205 e. The zero-order valence-corrected chi connectivity index (χ0v) is 21.2. The van der Waals surface area contributed by atoms with Gasteiger partial charge in [0.25, 0.3) is 0 Å². The molecule has 2 atom stereocenters. The first-order valence-electron chi connectivity index (χ1n) is 12.3. The van der Waals surface area contributed by atoms with Crippen molar-refractivity contribution >= 4 is 6.08 Å². The van der Waals surface area contributed by atoms with Crippen molar-refractivity contribution in [3.8, 4) is 17.6 Å². The van der Waals surface area contributed by atoms with E-state index >= 15 is 0 Å². The molecule has 2 N–H and O–H groups in total. The van der Waals surface area contributed by atoms with Crippen LogP contribution < -0.4 is 15.2 Å². The Balaban J connectivity index is 1.87. The van der Waals surface area contributed by atoms with Crippen LogP contribution in [0.4, 0.5) is 0 Å². The van der Waals surface area contributed by atoms with Crippen LogP contribution >= 0.6 is 0 Å². The minimum Gasteiger partial charge on any atom is -0.491 e. The van der Waals surface area contributed by atoms with Gasteiger partial charge in [-0.15, -0.1) is 0 Å². The molecule has 0 fully saturated rings. The van der Waals surface area contributed by atoms with Crippen LogP contribution in [0, 0.1) is 17.2 Å². The molecule has 1 aliphatic carbocycles. The van der Waals surface area contributed by atoms with Crippen molar-refractivity contribution in [3.63, 3.8) is 0 Å². The highest BCUT2D eigenvalue weighted by atomic mass is 16.5. The minimum absolute atomic E-state index is 0.00879. The van der Waals surface area contributed by atoms with Gasteiger partial charge in [-0.25, -0.2) is 0 Å². The van der Waals surface area contributed by atoms with E-state index in [2.05, 4.69) is 25.1 Å². The van der Waals surface area contributed by atoms with E-state index < -0.39 is 0 Å². The van der Waals surface area contributed by atoms with Gasteiger partial charge < -0.3 is 19.9 Å². The number of nitrogens with two attached hydrogens (primary N) is 1. The Morgan fingerprint density at radius 3 is 2.29 bits per heavy atom. The van der Waals surface area contributed by atoms with E-state index in [0.29, 0.717) is 11.5 Å². The maximum absolute atomic E-state index is 10.1. The van der Waals surface area contributed by atoms with Gasteiger partial charge in [-0.1, -0.05) is 43.3 Å². The lowest BCUT2D eigenvalue weighted by molar-refractivity contribution is 0.237.